The summed E-state index contributed by atoms with van der Waals surface area (Å²) in [6.45, 7) is 3.74. The van der Waals surface area contributed by atoms with Gasteiger partial charge >= 0.3 is 0 Å². The smallest absolute Gasteiger partial charge is 0.180 e. The Morgan fingerprint density at radius 3 is 2.37 bits per heavy atom. The molecule has 0 aliphatic carbocycles. The van der Waals surface area contributed by atoms with Gasteiger partial charge in [-0.1, -0.05) is 65.7 Å². The van der Waals surface area contributed by atoms with Gasteiger partial charge in [-0.25, -0.2) is 0 Å². The van der Waals surface area contributed by atoms with E-state index < -0.39 is 6.10 Å². The lowest BCUT2D eigenvalue weighted by molar-refractivity contribution is 0.174. The third kappa shape index (κ3) is 6.38. The number of ether oxygens (including phenoxy) is 2. The SMILES string of the molecule is CCOc1cc(CNC[C@H](O)c2ccccc2)cc(Cl)c1OCc1ccc(Cl)cc1. The van der Waals surface area contributed by atoms with Gasteiger partial charge in [-0.3, -0.25) is 0 Å². The van der Waals surface area contributed by atoms with Crippen LogP contribution < -0.4 is 14.8 Å². The molecule has 0 heterocycles. The monoisotopic (exact) mass is 445 g/mol. The predicted octanol–water partition coefficient (Wildman–Crippen LogP) is 5.79. The van der Waals surface area contributed by atoms with E-state index >= 15 is 0 Å². The van der Waals surface area contributed by atoms with Crippen LogP contribution in [0.25, 0.3) is 0 Å². The number of halogens is 2. The van der Waals surface area contributed by atoms with Gasteiger partial charge in [0.25, 0.3) is 0 Å². The van der Waals surface area contributed by atoms with E-state index in [4.69, 9.17) is 32.7 Å². The second-order valence-electron chi connectivity index (χ2n) is 6.81. The second kappa shape index (κ2) is 11.2. The van der Waals surface area contributed by atoms with Crippen molar-refractivity contribution in [3.05, 3.63) is 93.5 Å². The van der Waals surface area contributed by atoms with Crippen molar-refractivity contribution in [2.24, 2.45) is 0 Å². The molecule has 0 saturated carbocycles. The first kappa shape index (κ1) is 22.4. The molecule has 0 spiro atoms. The van der Waals surface area contributed by atoms with Crippen LogP contribution >= 0.6 is 23.2 Å². The van der Waals surface area contributed by atoms with E-state index in [1.165, 1.54) is 0 Å². The fourth-order valence-electron chi connectivity index (χ4n) is 3.01. The van der Waals surface area contributed by atoms with E-state index in [1.54, 1.807) is 0 Å². The largest absolute Gasteiger partial charge is 0.490 e. The zero-order chi connectivity index (χ0) is 21.3. The van der Waals surface area contributed by atoms with Crippen LogP contribution in [0.1, 0.15) is 29.7 Å². The van der Waals surface area contributed by atoms with Gasteiger partial charge in [0.1, 0.15) is 6.61 Å². The van der Waals surface area contributed by atoms with Crippen LogP contribution in [0.15, 0.2) is 66.7 Å². The van der Waals surface area contributed by atoms with Crippen LogP contribution in [0.4, 0.5) is 0 Å². The molecule has 4 nitrogen and oxygen atoms in total. The van der Waals surface area contributed by atoms with Crippen molar-refractivity contribution in [2.75, 3.05) is 13.2 Å². The van der Waals surface area contributed by atoms with Crippen molar-refractivity contribution in [1.82, 2.24) is 5.32 Å². The molecule has 3 aromatic rings. The lowest BCUT2D eigenvalue weighted by atomic mass is 10.1. The van der Waals surface area contributed by atoms with Crippen LogP contribution in [0, 0.1) is 0 Å². The highest BCUT2D eigenvalue weighted by Crippen LogP contribution is 2.37. The molecule has 0 aliphatic rings. The highest BCUT2D eigenvalue weighted by molar-refractivity contribution is 6.32. The lowest BCUT2D eigenvalue weighted by Gasteiger charge is -2.16. The number of hydrogen-bond donors (Lipinski definition) is 2. The zero-order valence-corrected chi connectivity index (χ0v) is 18.3. The molecule has 3 rings (SSSR count). The Balaban J connectivity index is 1.64. The van der Waals surface area contributed by atoms with E-state index in [2.05, 4.69) is 5.32 Å². The van der Waals surface area contributed by atoms with E-state index in [1.807, 2.05) is 73.7 Å². The number of aliphatic hydroxyl groups excluding tert-OH is 1. The van der Waals surface area contributed by atoms with Crippen molar-refractivity contribution in [3.8, 4) is 11.5 Å². The first-order valence-corrected chi connectivity index (χ1v) is 10.6. The number of aliphatic hydroxyl groups is 1. The van der Waals surface area contributed by atoms with Crippen molar-refractivity contribution in [2.45, 2.75) is 26.2 Å². The molecule has 1 atom stereocenters. The van der Waals surface area contributed by atoms with E-state index in [9.17, 15) is 5.11 Å². The highest BCUT2D eigenvalue weighted by Gasteiger charge is 2.14. The molecule has 0 fully saturated rings. The minimum atomic E-state index is -0.574. The van der Waals surface area contributed by atoms with Crippen molar-refractivity contribution in [3.63, 3.8) is 0 Å². The van der Waals surface area contributed by atoms with Gasteiger partial charge in [-0.05, 0) is 47.9 Å². The molecule has 3 aromatic carbocycles. The Morgan fingerprint density at radius 2 is 1.67 bits per heavy atom. The summed E-state index contributed by atoms with van der Waals surface area (Å²) < 4.78 is 11.7. The average molecular weight is 446 g/mol. The van der Waals surface area contributed by atoms with Crippen LogP contribution in [0.5, 0.6) is 11.5 Å². The molecule has 30 heavy (non-hydrogen) atoms. The number of hydrogen-bond acceptors (Lipinski definition) is 4. The van der Waals surface area contributed by atoms with Crippen LogP contribution in [0.3, 0.4) is 0 Å². The first-order valence-electron chi connectivity index (χ1n) is 9.83. The van der Waals surface area contributed by atoms with Gasteiger partial charge in [0.2, 0.25) is 0 Å². The molecule has 158 valence electrons. The Kier molecular flexibility index (Phi) is 8.40. The summed E-state index contributed by atoms with van der Waals surface area (Å²) in [6.07, 6.45) is -0.574. The zero-order valence-electron chi connectivity index (χ0n) is 16.8. The Bertz CT molecular complexity index is 933. The van der Waals surface area contributed by atoms with Gasteiger partial charge in [0.05, 0.1) is 17.7 Å². The molecule has 0 amide bonds. The van der Waals surface area contributed by atoms with E-state index in [0.717, 1.165) is 16.7 Å². The van der Waals surface area contributed by atoms with Crippen LogP contribution in [-0.4, -0.2) is 18.3 Å². The number of nitrogens with one attached hydrogen (secondary N) is 1. The van der Waals surface area contributed by atoms with Gasteiger partial charge in [0, 0.05) is 18.1 Å². The summed E-state index contributed by atoms with van der Waals surface area (Å²) in [5.41, 5.74) is 2.81. The van der Waals surface area contributed by atoms with E-state index in [0.29, 0.717) is 47.8 Å². The van der Waals surface area contributed by atoms with Crippen LogP contribution in [-0.2, 0) is 13.2 Å². The first-order chi connectivity index (χ1) is 14.6. The minimum Gasteiger partial charge on any atom is -0.490 e. The summed E-state index contributed by atoms with van der Waals surface area (Å²) in [7, 11) is 0. The molecular weight excluding hydrogens is 421 g/mol. The molecule has 0 radical (unpaired) electrons. The fourth-order valence-corrected chi connectivity index (χ4v) is 3.42. The molecule has 0 bridgehead atoms. The molecule has 2 N–H and O–H groups in total. The lowest BCUT2D eigenvalue weighted by Crippen LogP contribution is -2.21. The van der Waals surface area contributed by atoms with Crippen molar-refractivity contribution < 1.29 is 14.6 Å². The fraction of sp³-hybridized carbons (Fsp3) is 0.250. The van der Waals surface area contributed by atoms with Gasteiger partial charge in [-0.15, -0.1) is 0 Å². The summed E-state index contributed by atoms with van der Waals surface area (Å²) in [5, 5.41) is 14.7. The molecule has 0 saturated heterocycles. The number of rotatable bonds is 10. The summed E-state index contributed by atoms with van der Waals surface area (Å²) in [6, 6.07) is 20.8. The Morgan fingerprint density at radius 1 is 0.933 bits per heavy atom. The maximum Gasteiger partial charge on any atom is 0.180 e. The molecule has 0 aromatic heterocycles. The van der Waals surface area contributed by atoms with Crippen LogP contribution in [0.2, 0.25) is 10.0 Å². The molecule has 0 aliphatic heterocycles. The quantitative estimate of drug-likeness (QED) is 0.414. The predicted molar refractivity (Wildman–Crippen MR) is 122 cm³/mol. The van der Waals surface area contributed by atoms with Crippen molar-refractivity contribution in [1.29, 1.82) is 0 Å². The van der Waals surface area contributed by atoms with Gasteiger partial charge in [0.15, 0.2) is 11.5 Å². The Hall–Kier alpha value is -2.24. The normalized spacial score (nSPS) is 11.9. The molecule has 0 unspecified atom stereocenters. The average Bonchev–Trinajstić information content (AvgIpc) is 2.75. The summed E-state index contributed by atoms with van der Waals surface area (Å²) in [5.74, 6) is 1.11. The Labute approximate surface area is 187 Å². The molecular formula is C24H25Cl2NO3. The van der Waals surface area contributed by atoms with E-state index in [-0.39, 0.29) is 0 Å². The highest BCUT2D eigenvalue weighted by atomic mass is 35.5. The number of benzene rings is 3. The topological polar surface area (TPSA) is 50.7 Å². The molecule has 6 heteroatoms. The third-order valence-corrected chi connectivity index (χ3v) is 5.05. The van der Waals surface area contributed by atoms with Crippen molar-refractivity contribution >= 4 is 23.2 Å². The maximum absolute atomic E-state index is 10.3. The minimum absolute atomic E-state index is 0.359. The summed E-state index contributed by atoms with van der Waals surface area (Å²) >= 11 is 12.4. The van der Waals surface area contributed by atoms with Gasteiger partial charge in [-0.2, -0.15) is 0 Å². The third-order valence-electron chi connectivity index (χ3n) is 4.52. The second-order valence-corrected chi connectivity index (χ2v) is 7.65. The summed E-state index contributed by atoms with van der Waals surface area (Å²) in [4.78, 5) is 0. The van der Waals surface area contributed by atoms with Gasteiger partial charge < -0.3 is 19.9 Å². The maximum atomic E-state index is 10.3. The standard InChI is InChI=1S/C24H25Cl2NO3/c1-2-29-23-13-18(14-27-15-22(28)19-6-4-3-5-7-19)12-21(26)24(23)30-16-17-8-10-20(25)11-9-17/h3-13,22,27-28H,2,14-16H2,1H3/t22-/m0/s1.